The maximum absolute atomic E-state index is 5.84. The molecule has 0 aliphatic rings. The zero-order chi connectivity index (χ0) is 15.0. The molecule has 4 nitrogen and oxygen atoms in total. The van der Waals surface area contributed by atoms with Crippen LogP contribution in [-0.2, 0) is 12.0 Å². The smallest absolute Gasteiger partial charge is 0.189 e. The van der Waals surface area contributed by atoms with Gasteiger partial charge in [-0.05, 0) is 6.42 Å². The van der Waals surface area contributed by atoms with Crippen LogP contribution in [-0.4, -0.2) is 17.5 Å². The molecule has 0 aromatic carbocycles. The molecular formula is C15H28N4S. The molecule has 0 spiro atoms. The SMILES string of the molecule is CCCCCCNC(N)=NCc1nc(C(C)(C)C)cs1. The van der Waals surface area contributed by atoms with Crippen molar-refractivity contribution in [3.05, 3.63) is 16.1 Å². The number of thiazole rings is 1. The fourth-order valence-corrected chi connectivity index (χ4v) is 2.65. The number of nitrogens with zero attached hydrogens (tertiary/aromatic N) is 2. The monoisotopic (exact) mass is 296 g/mol. The van der Waals surface area contributed by atoms with Crippen molar-refractivity contribution >= 4 is 17.3 Å². The van der Waals surface area contributed by atoms with Gasteiger partial charge in [0.15, 0.2) is 5.96 Å². The Bertz CT molecular complexity index is 418. The van der Waals surface area contributed by atoms with Gasteiger partial charge in [0.1, 0.15) is 5.01 Å². The van der Waals surface area contributed by atoms with Crippen LogP contribution in [0.25, 0.3) is 0 Å². The zero-order valence-electron chi connectivity index (χ0n) is 13.2. The van der Waals surface area contributed by atoms with E-state index in [9.17, 15) is 0 Å². The van der Waals surface area contributed by atoms with Gasteiger partial charge in [0.05, 0.1) is 12.2 Å². The minimum atomic E-state index is 0.0987. The van der Waals surface area contributed by atoms with E-state index >= 15 is 0 Å². The normalized spacial score (nSPS) is 12.7. The van der Waals surface area contributed by atoms with Crippen LogP contribution in [0, 0.1) is 0 Å². The van der Waals surface area contributed by atoms with E-state index in [0.29, 0.717) is 12.5 Å². The fourth-order valence-electron chi connectivity index (χ4n) is 1.70. The Morgan fingerprint density at radius 2 is 2.10 bits per heavy atom. The minimum absolute atomic E-state index is 0.0987. The molecule has 114 valence electrons. The Labute approximate surface area is 126 Å². The van der Waals surface area contributed by atoms with E-state index in [4.69, 9.17) is 5.73 Å². The van der Waals surface area contributed by atoms with E-state index in [1.165, 1.54) is 19.3 Å². The van der Waals surface area contributed by atoms with Gasteiger partial charge < -0.3 is 11.1 Å². The van der Waals surface area contributed by atoms with Crippen LogP contribution in [0.2, 0.25) is 0 Å². The van der Waals surface area contributed by atoms with Crippen molar-refractivity contribution in [2.75, 3.05) is 6.54 Å². The van der Waals surface area contributed by atoms with Gasteiger partial charge in [-0.1, -0.05) is 47.0 Å². The number of rotatable bonds is 7. The lowest BCUT2D eigenvalue weighted by Gasteiger charge is -2.14. The second kappa shape index (κ2) is 8.25. The summed E-state index contributed by atoms with van der Waals surface area (Å²) >= 11 is 1.65. The average Bonchev–Trinajstić information content (AvgIpc) is 2.85. The number of hydrogen-bond donors (Lipinski definition) is 2. The molecule has 1 heterocycles. The Morgan fingerprint density at radius 3 is 2.70 bits per heavy atom. The summed E-state index contributed by atoms with van der Waals surface area (Å²) in [5, 5.41) is 6.28. The topological polar surface area (TPSA) is 63.3 Å². The molecule has 0 fully saturated rings. The van der Waals surface area contributed by atoms with Crippen LogP contribution < -0.4 is 11.1 Å². The minimum Gasteiger partial charge on any atom is -0.370 e. The summed E-state index contributed by atoms with van der Waals surface area (Å²) in [5.74, 6) is 0.522. The Balaban J connectivity index is 2.33. The van der Waals surface area contributed by atoms with Crippen molar-refractivity contribution in [1.82, 2.24) is 10.3 Å². The quantitative estimate of drug-likeness (QED) is 0.460. The van der Waals surface area contributed by atoms with E-state index in [-0.39, 0.29) is 5.41 Å². The molecule has 1 rings (SSSR count). The molecular weight excluding hydrogens is 268 g/mol. The number of guanidine groups is 1. The van der Waals surface area contributed by atoms with Gasteiger partial charge in [-0.15, -0.1) is 11.3 Å². The van der Waals surface area contributed by atoms with Crippen molar-refractivity contribution in [2.45, 2.75) is 65.3 Å². The molecule has 5 heteroatoms. The van der Waals surface area contributed by atoms with E-state index in [0.717, 1.165) is 23.7 Å². The third-order valence-electron chi connectivity index (χ3n) is 3.04. The first-order valence-corrected chi connectivity index (χ1v) is 8.30. The van der Waals surface area contributed by atoms with E-state index in [2.05, 4.69) is 48.4 Å². The predicted molar refractivity (Wildman–Crippen MR) is 88.3 cm³/mol. The first kappa shape index (κ1) is 17.0. The average molecular weight is 296 g/mol. The van der Waals surface area contributed by atoms with Gasteiger partial charge in [0, 0.05) is 17.3 Å². The molecule has 20 heavy (non-hydrogen) atoms. The number of nitrogens with two attached hydrogens (primary N) is 1. The maximum atomic E-state index is 5.84. The molecule has 0 amide bonds. The molecule has 1 aromatic rings. The summed E-state index contributed by atoms with van der Waals surface area (Å²) in [6.07, 6.45) is 4.94. The number of nitrogens with one attached hydrogen (secondary N) is 1. The van der Waals surface area contributed by atoms with Gasteiger partial charge in [-0.2, -0.15) is 0 Å². The highest BCUT2D eigenvalue weighted by molar-refractivity contribution is 7.09. The van der Waals surface area contributed by atoms with Gasteiger partial charge >= 0.3 is 0 Å². The molecule has 0 saturated heterocycles. The number of aliphatic imine (C=N–C) groups is 1. The van der Waals surface area contributed by atoms with E-state index in [1.54, 1.807) is 11.3 Å². The van der Waals surface area contributed by atoms with Crippen LogP contribution in [0.15, 0.2) is 10.4 Å². The van der Waals surface area contributed by atoms with Crippen molar-refractivity contribution in [1.29, 1.82) is 0 Å². The largest absolute Gasteiger partial charge is 0.370 e. The van der Waals surface area contributed by atoms with E-state index in [1.807, 2.05) is 0 Å². The van der Waals surface area contributed by atoms with Crippen LogP contribution >= 0.6 is 11.3 Å². The Hall–Kier alpha value is -1.10. The lowest BCUT2D eigenvalue weighted by molar-refractivity contribution is 0.571. The summed E-state index contributed by atoms with van der Waals surface area (Å²) < 4.78 is 0. The maximum Gasteiger partial charge on any atom is 0.189 e. The Morgan fingerprint density at radius 1 is 1.35 bits per heavy atom. The highest BCUT2D eigenvalue weighted by atomic mass is 32.1. The van der Waals surface area contributed by atoms with Gasteiger partial charge in [0.2, 0.25) is 0 Å². The molecule has 0 radical (unpaired) electrons. The molecule has 0 saturated carbocycles. The second-order valence-electron chi connectivity index (χ2n) is 6.07. The number of aromatic nitrogens is 1. The van der Waals surface area contributed by atoms with Gasteiger partial charge in [-0.25, -0.2) is 9.98 Å². The summed E-state index contributed by atoms with van der Waals surface area (Å²) in [6.45, 7) is 10.2. The number of hydrogen-bond acceptors (Lipinski definition) is 3. The molecule has 3 N–H and O–H groups in total. The highest BCUT2D eigenvalue weighted by Gasteiger charge is 2.17. The predicted octanol–water partition coefficient (Wildman–Crippen LogP) is 3.43. The third-order valence-corrected chi connectivity index (χ3v) is 3.87. The zero-order valence-corrected chi connectivity index (χ0v) is 14.0. The van der Waals surface area contributed by atoms with Crippen LogP contribution in [0.1, 0.15) is 64.1 Å². The molecule has 0 atom stereocenters. The van der Waals surface area contributed by atoms with Crippen molar-refractivity contribution < 1.29 is 0 Å². The van der Waals surface area contributed by atoms with E-state index < -0.39 is 0 Å². The van der Waals surface area contributed by atoms with Crippen LogP contribution in [0.3, 0.4) is 0 Å². The summed E-state index contributed by atoms with van der Waals surface area (Å²) in [4.78, 5) is 8.94. The molecule has 1 aromatic heterocycles. The lowest BCUT2D eigenvalue weighted by Crippen LogP contribution is -2.32. The molecule has 0 bridgehead atoms. The molecule has 0 unspecified atom stereocenters. The number of unbranched alkanes of at least 4 members (excludes halogenated alkanes) is 3. The second-order valence-corrected chi connectivity index (χ2v) is 7.01. The third kappa shape index (κ3) is 6.37. The first-order valence-electron chi connectivity index (χ1n) is 7.42. The fraction of sp³-hybridized carbons (Fsp3) is 0.733. The van der Waals surface area contributed by atoms with Gasteiger partial charge in [-0.3, -0.25) is 0 Å². The van der Waals surface area contributed by atoms with Crippen molar-refractivity contribution in [2.24, 2.45) is 10.7 Å². The Kier molecular flexibility index (Phi) is 6.99. The van der Waals surface area contributed by atoms with Crippen molar-refractivity contribution in [3.8, 4) is 0 Å². The highest BCUT2D eigenvalue weighted by Crippen LogP contribution is 2.24. The van der Waals surface area contributed by atoms with Crippen LogP contribution in [0.5, 0.6) is 0 Å². The summed E-state index contributed by atoms with van der Waals surface area (Å²) in [7, 11) is 0. The van der Waals surface area contributed by atoms with Crippen LogP contribution in [0.4, 0.5) is 0 Å². The molecule has 0 aliphatic heterocycles. The van der Waals surface area contributed by atoms with Gasteiger partial charge in [0.25, 0.3) is 0 Å². The van der Waals surface area contributed by atoms with Crippen molar-refractivity contribution in [3.63, 3.8) is 0 Å². The standard InChI is InChI=1S/C15H28N4S/c1-5-6-7-8-9-17-14(16)18-10-13-19-12(11-20-13)15(2,3)4/h11H,5-10H2,1-4H3,(H3,16,17,18). The summed E-state index contributed by atoms with van der Waals surface area (Å²) in [5.41, 5.74) is 7.07. The molecule has 0 aliphatic carbocycles. The summed E-state index contributed by atoms with van der Waals surface area (Å²) in [6, 6.07) is 0. The lowest BCUT2D eigenvalue weighted by atomic mass is 9.93. The first-order chi connectivity index (χ1) is 9.43.